The average molecular weight is 361 g/mol. The van der Waals surface area contributed by atoms with Crippen LogP contribution in [-0.2, 0) is 18.4 Å². The molecule has 26 heavy (non-hydrogen) atoms. The molecule has 0 aliphatic heterocycles. The SMILES string of the molecule is CCC(CN(CC)C(C)=O)c1ccc2c(n1)n(C)c(=O)n2CC(C)(C)C. The van der Waals surface area contributed by atoms with Crippen LogP contribution < -0.4 is 5.69 Å². The quantitative estimate of drug-likeness (QED) is 0.795. The Bertz CT molecular complexity index is 842. The topological polar surface area (TPSA) is 60.1 Å². The van der Waals surface area contributed by atoms with Gasteiger partial charge in [-0.05, 0) is 30.9 Å². The van der Waals surface area contributed by atoms with Crippen LogP contribution in [0, 0.1) is 5.41 Å². The summed E-state index contributed by atoms with van der Waals surface area (Å²) in [5, 5.41) is 0. The maximum atomic E-state index is 12.7. The van der Waals surface area contributed by atoms with Crippen molar-refractivity contribution >= 4 is 17.1 Å². The van der Waals surface area contributed by atoms with E-state index in [4.69, 9.17) is 4.98 Å². The molecule has 0 radical (unpaired) electrons. The number of likely N-dealkylation sites (N-methyl/N-ethyl adjacent to an activating group) is 1. The van der Waals surface area contributed by atoms with Crippen LogP contribution in [0.25, 0.3) is 11.2 Å². The maximum absolute atomic E-state index is 12.7. The zero-order valence-corrected chi connectivity index (χ0v) is 17.2. The van der Waals surface area contributed by atoms with Crippen molar-refractivity contribution in [3.05, 3.63) is 28.3 Å². The molecule has 0 aliphatic carbocycles. The van der Waals surface area contributed by atoms with Crippen molar-refractivity contribution in [2.75, 3.05) is 13.1 Å². The van der Waals surface area contributed by atoms with Crippen LogP contribution in [0.5, 0.6) is 0 Å². The zero-order chi connectivity index (χ0) is 19.6. The normalized spacial score (nSPS) is 13.2. The number of hydrogen-bond donors (Lipinski definition) is 0. The van der Waals surface area contributed by atoms with E-state index in [2.05, 4.69) is 27.7 Å². The summed E-state index contributed by atoms with van der Waals surface area (Å²) in [4.78, 5) is 31.1. The van der Waals surface area contributed by atoms with E-state index < -0.39 is 0 Å². The second-order valence-corrected chi connectivity index (χ2v) is 8.23. The van der Waals surface area contributed by atoms with E-state index in [1.165, 1.54) is 0 Å². The minimum absolute atomic E-state index is 0.00580. The molecule has 1 atom stereocenters. The highest BCUT2D eigenvalue weighted by molar-refractivity contribution is 5.73. The van der Waals surface area contributed by atoms with Crippen molar-refractivity contribution in [2.45, 2.75) is 60.4 Å². The van der Waals surface area contributed by atoms with E-state index in [0.29, 0.717) is 25.3 Å². The number of nitrogens with zero attached hydrogens (tertiary/aromatic N) is 4. The fraction of sp³-hybridized carbons (Fsp3) is 0.650. The molecule has 0 saturated carbocycles. The number of carbonyl (C=O) groups excluding carboxylic acids is 1. The number of pyridine rings is 1. The van der Waals surface area contributed by atoms with Crippen LogP contribution in [0.15, 0.2) is 16.9 Å². The van der Waals surface area contributed by atoms with Gasteiger partial charge in [-0.25, -0.2) is 9.78 Å². The summed E-state index contributed by atoms with van der Waals surface area (Å²) >= 11 is 0. The Morgan fingerprint density at radius 3 is 2.42 bits per heavy atom. The molecule has 0 fully saturated rings. The summed E-state index contributed by atoms with van der Waals surface area (Å²) in [5.74, 6) is 0.236. The second-order valence-electron chi connectivity index (χ2n) is 8.23. The number of imidazole rings is 1. The summed E-state index contributed by atoms with van der Waals surface area (Å²) < 4.78 is 3.43. The van der Waals surface area contributed by atoms with Gasteiger partial charge in [0.2, 0.25) is 5.91 Å². The Labute approximate surface area is 155 Å². The Kier molecular flexibility index (Phi) is 5.94. The second kappa shape index (κ2) is 7.64. The molecule has 0 spiro atoms. The lowest BCUT2D eigenvalue weighted by Crippen LogP contribution is -2.32. The third kappa shape index (κ3) is 4.17. The van der Waals surface area contributed by atoms with Crippen molar-refractivity contribution in [3.63, 3.8) is 0 Å². The number of aromatic nitrogens is 3. The van der Waals surface area contributed by atoms with Gasteiger partial charge in [-0.2, -0.15) is 0 Å². The molecule has 144 valence electrons. The lowest BCUT2D eigenvalue weighted by atomic mass is 9.97. The number of amides is 1. The summed E-state index contributed by atoms with van der Waals surface area (Å²) in [6.45, 7) is 14.0. The van der Waals surface area contributed by atoms with Crippen molar-refractivity contribution < 1.29 is 4.79 Å². The minimum Gasteiger partial charge on any atom is -0.343 e. The first kappa shape index (κ1) is 20.2. The smallest absolute Gasteiger partial charge is 0.330 e. The van der Waals surface area contributed by atoms with Gasteiger partial charge in [-0.3, -0.25) is 13.9 Å². The zero-order valence-electron chi connectivity index (χ0n) is 17.2. The molecule has 2 rings (SSSR count). The van der Waals surface area contributed by atoms with Crippen LogP contribution in [0.3, 0.4) is 0 Å². The van der Waals surface area contributed by atoms with Crippen LogP contribution in [0.1, 0.15) is 59.6 Å². The standard InChI is InChI=1S/C20H32N4O2/c1-8-15(12-23(9-2)14(3)25)16-10-11-17-18(21-16)22(7)19(26)24(17)13-20(4,5)6/h10-11,15H,8-9,12-13H2,1-7H3. The summed E-state index contributed by atoms with van der Waals surface area (Å²) in [6, 6.07) is 4.00. The molecule has 6 nitrogen and oxygen atoms in total. The molecule has 0 aliphatic rings. The highest BCUT2D eigenvalue weighted by Gasteiger charge is 2.21. The van der Waals surface area contributed by atoms with E-state index in [-0.39, 0.29) is 22.9 Å². The van der Waals surface area contributed by atoms with Crippen LogP contribution in [0.2, 0.25) is 0 Å². The first-order valence-electron chi connectivity index (χ1n) is 9.40. The molecule has 1 amide bonds. The maximum Gasteiger partial charge on any atom is 0.330 e. The first-order chi connectivity index (χ1) is 12.1. The van der Waals surface area contributed by atoms with Gasteiger partial charge in [0.1, 0.15) is 0 Å². The van der Waals surface area contributed by atoms with Gasteiger partial charge in [0.25, 0.3) is 0 Å². The fourth-order valence-electron chi connectivity index (χ4n) is 3.32. The van der Waals surface area contributed by atoms with E-state index in [1.807, 2.05) is 24.0 Å². The molecule has 0 bridgehead atoms. The van der Waals surface area contributed by atoms with E-state index in [0.717, 1.165) is 17.6 Å². The number of fused-ring (bicyclic) bond motifs is 1. The third-order valence-electron chi connectivity index (χ3n) is 4.81. The molecule has 2 heterocycles. The van der Waals surface area contributed by atoms with Crippen molar-refractivity contribution in [1.29, 1.82) is 0 Å². The van der Waals surface area contributed by atoms with E-state index >= 15 is 0 Å². The van der Waals surface area contributed by atoms with E-state index in [9.17, 15) is 9.59 Å². The largest absolute Gasteiger partial charge is 0.343 e. The summed E-state index contributed by atoms with van der Waals surface area (Å²) in [6.07, 6.45) is 0.888. The highest BCUT2D eigenvalue weighted by atomic mass is 16.2. The molecule has 1 unspecified atom stereocenters. The predicted octanol–water partition coefficient (Wildman–Crippen LogP) is 3.14. The molecule has 0 saturated heterocycles. The molecule has 2 aromatic heterocycles. The van der Waals surface area contributed by atoms with Gasteiger partial charge in [0.05, 0.1) is 5.52 Å². The number of rotatable bonds is 6. The Morgan fingerprint density at radius 1 is 1.27 bits per heavy atom. The number of carbonyl (C=O) groups is 1. The van der Waals surface area contributed by atoms with Gasteiger partial charge in [0.15, 0.2) is 5.65 Å². The van der Waals surface area contributed by atoms with Crippen LogP contribution >= 0.6 is 0 Å². The molecule has 0 aromatic carbocycles. The monoisotopic (exact) mass is 360 g/mol. The molecular formula is C20H32N4O2. The fourth-order valence-corrected chi connectivity index (χ4v) is 3.32. The van der Waals surface area contributed by atoms with Gasteiger partial charge in [-0.1, -0.05) is 27.7 Å². The Hall–Kier alpha value is -2.11. The van der Waals surface area contributed by atoms with Crippen LogP contribution in [-0.4, -0.2) is 38.0 Å². The van der Waals surface area contributed by atoms with E-state index in [1.54, 1.807) is 23.1 Å². The van der Waals surface area contributed by atoms with Crippen molar-refractivity contribution in [2.24, 2.45) is 12.5 Å². The Balaban J connectivity index is 2.46. The van der Waals surface area contributed by atoms with Crippen LogP contribution in [0.4, 0.5) is 0 Å². The predicted molar refractivity (Wildman–Crippen MR) is 105 cm³/mol. The van der Waals surface area contributed by atoms with Crippen molar-refractivity contribution in [1.82, 2.24) is 19.0 Å². The van der Waals surface area contributed by atoms with Crippen molar-refractivity contribution in [3.8, 4) is 0 Å². The number of aryl methyl sites for hydroxylation is 1. The highest BCUT2D eigenvalue weighted by Crippen LogP contribution is 2.24. The van der Waals surface area contributed by atoms with Gasteiger partial charge in [-0.15, -0.1) is 0 Å². The average Bonchev–Trinajstić information content (AvgIpc) is 2.79. The summed E-state index contributed by atoms with van der Waals surface area (Å²) in [5.41, 5.74) is 2.48. The lowest BCUT2D eigenvalue weighted by Gasteiger charge is -2.24. The summed E-state index contributed by atoms with van der Waals surface area (Å²) in [7, 11) is 1.77. The Morgan fingerprint density at radius 2 is 1.92 bits per heavy atom. The van der Waals surface area contributed by atoms with Gasteiger partial charge in [0, 0.05) is 45.2 Å². The van der Waals surface area contributed by atoms with Gasteiger partial charge >= 0.3 is 5.69 Å². The molecular weight excluding hydrogens is 328 g/mol. The van der Waals surface area contributed by atoms with Gasteiger partial charge < -0.3 is 4.90 Å². The molecule has 6 heteroatoms. The number of hydrogen-bond acceptors (Lipinski definition) is 3. The third-order valence-corrected chi connectivity index (χ3v) is 4.81. The molecule has 2 aromatic rings. The minimum atomic E-state index is -0.0356. The molecule has 0 N–H and O–H groups in total. The lowest BCUT2D eigenvalue weighted by molar-refractivity contribution is -0.128. The first-order valence-corrected chi connectivity index (χ1v) is 9.40.